The van der Waals surface area contributed by atoms with E-state index >= 15 is 0 Å². The van der Waals surface area contributed by atoms with Crippen molar-refractivity contribution in [2.24, 2.45) is 5.73 Å². The number of sulfonamides is 4. The summed E-state index contributed by atoms with van der Waals surface area (Å²) in [5.74, 6) is 0. The van der Waals surface area contributed by atoms with Crippen molar-refractivity contribution in [3.8, 4) is 0 Å². The molecule has 0 spiro atoms. The lowest BCUT2D eigenvalue weighted by Gasteiger charge is -2.44. The molecule has 3 saturated heterocycles. The van der Waals surface area contributed by atoms with E-state index in [0.29, 0.717) is 62.1 Å². The lowest BCUT2D eigenvalue weighted by atomic mass is 9.98. The third-order valence-electron chi connectivity index (χ3n) is 15.9. The summed E-state index contributed by atoms with van der Waals surface area (Å²) >= 11 is 3.59. The smallest absolute Gasteiger partial charge is 0.264 e. The van der Waals surface area contributed by atoms with Crippen LogP contribution in [0.3, 0.4) is 0 Å². The fourth-order valence-electron chi connectivity index (χ4n) is 10.9. The molecule has 582 valence electrons. The van der Waals surface area contributed by atoms with Gasteiger partial charge in [-0.1, -0.05) is 82.3 Å². The molecule has 0 aliphatic carbocycles. The molecule has 6 heterocycles. The van der Waals surface area contributed by atoms with Crippen molar-refractivity contribution in [3.63, 3.8) is 0 Å². The molecule has 36 heteroatoms. The maximum atomic E-state index is 13.2. The summed E-state index contributed by atoms with van der Waals surface area (Å²) in [7, 11) is -15.6. The third-order valence-corrected chi connectivity index (χ3v) is 27.7. The fraction of sp³-hybridized carbons (Fsp3) is 0.552. The van der Waals surface area contributed by atoms with Crippen molar-refractivity contribution in [1.82, 2.24) is 22.5 Å². The molecule has 3 aromatic carbocycles. The number of nitrogens with two attached hydrogens (primary N) is 1. The molecular weight excluding hydrogens is 1530 g/mol. The number of anilines is 3. The van der Waals surface area contributed by atoms with Crippen LogP contribution in [0, 0.1) is 0 Å². The zero-order valence-electron chi connectivity index (χ0n) is 61.4. The molecule has 3 aliphatic heterocycles. The first-order valence-corrected chi connectivity index (χ1v) is 46.3. The number of halogens is 1. The first-order chi connectivity index (χ1) is 47.4. The van der Waals surface area contributed by atoms with E-state index in [1.54, 1.807) is 111 Å². The minimum atomic E-state index is -3.68. The highest BCUT2D eigenvalue weighted by Gasteiger charge is 2.40. The molecule has 3 atom stereocenters. The Labute approximate surface area is 629 Å². The highest BCUT2D eigenvalue weighted by Crippen LogP contribution is 2.34. The number of hydrogen-bond donors (Lipinski definition) is 6. The van der Waals surface area contributed by atoms with E-state index < -0.39 is 82.1 Å². The van der Waals surface area contributed by atoms with Crippen molar-refractivity contribution in [1.29, 1.82) is 0 Å². The highest BCUT2D eigenvalue weighted by atomic mass is 35.7. The normalized spacial score (nSPS) is 18.0. The first-order valence-electron chi connectivity index (χ1n) is 32.9. The standard InChI is InChI=1S/C22H33N3O5S3.C21H31N3O3S2.C19H26N2O6S3.C3H9N.CH3ClO2S.CH4O/c1-17(2)25(32(5,27)28)16-20-15-23(33(29,30)21-7-6-14-31-21)12-13-24(20)19-10-8-18(9-11-19)22(3,4)26;1-16(2)22-14-19-15-23(29(26,27)20-6-5-13-28-20)11-12-24(19)18-9-7-17(8-10-18)21(3,4)25;1-19(2,22)15-6-8-16(9-7-15)21-11-10-20(13-17(21)14-27-29(3,23)24)30(25,26)18-5-4-12-28-18;1-3(2)4;1-5(2,3)4;1-2/h6-11,14,17,20,26H,12-13,15-16H2,1-5H3;5-10,13,16,19,22,25H,11-12,14-15H2,1-4H3;4-9,12,17,22H,10-11,13-14H2,1-3H3;3H,4H2,1-2H3;1H3;2H,1H3/t20-;19-;17-;;;/m101.../s1. The predicted octanol–water partition coefficient (Wildman–Crippen LogP) is 7.36. The Balaban J connectivity index is 0.000000305. The van der Waals surface area contributed by atoms with Crippen LogP contribution in [-0.4, -0.2) is 229 Å². The Kier molecular flexibility index (Phi) is 34.2. The lowest BCUT2D eigenvalue weighted by Crippen LogP contribution is -2.59. The van der Waals surface area contributed by atoms with Crippen LogP contribution in [0.2, 0.25) is 0 Å². The van der Waals surface area contributed by atoms with Gasteiger partial charge < -0.3 is 46.2 Å². The van der Waals surface area contributed by atoms with Crippen molar-refractivity contribution in [3.05, 3.63) is 142 Å². The molecule has 0 saturated carbocycles. The number of thiophene rings is 3. The van der Waals surface area contributed by atoms with E-state index in [4.69, 9.17) is 15.0 Å². The number of nitrogens with zero attached hydrogens (tertiary/aromatic N) is 7. The van der Waals surface area contributed by atoms with Crippen molar-refractivity contribution < 1.29 is 75.1 Å². The monoisotopic (exact) mass is 1630 g/mol. The van der Waals surface area contributed by atoms with Crippen LogP contribution in [0.25, 0.3) is 0 Å². The second kappa shape index (κ2) is 38.7. The molecule has 3 fully saturated rings. The number of hydrogen-bond acceptors (Lipinski definition) is 25. The van der Waals surface area contributed by atoms with E-state index in [0.717, 1.165) is 64.7 Å². The molecule has 26 nitrogen and oxygen atoms in total. The van der Waals surface area contributed by atoms with Crippen molar-refractivity contribution in [2.75, 3.05) is 119 Å². The summed E-state index contributed by atoms with van der Waals surface area (Å²) < 4.78 is 157. The molecule has 7 N–H and O–H groups in total. The number of rotatable bonds is 22. The lowest BCUT2D eigenvalue weighted by molar-refractivity contribution is 0.0780. The highest BCUT2D eigenvalue weighted by molar-refractivity contribution is 8.13. The third kappa shape index (κ3) is 28.7. The number of nitrogens with one attached hydrogen (secondary N) is 1. The van der Waals surface area contributed by atoms with Crippen LogP contribution in [0.15, 0.2) is 138 Å². The van der Waals surface area contributed by atoms with E-state index in [1.165, 1.54) is 41.8 Å². The molecule has 6 aromatic rings. The summed E-state index contributed by atoms with van der Waals surface area (Å²) in [5, 5.41) is 46.3. The van der Waals surface area contributed by atoms with Crippen LogP contribution in [0.4, 0.5) is 17.1 Å². The van der Waals surface area contributed by atoms with Gasteiger partial charge in [-0.3, -0.25) is 4.18 Å². The minimum absolute atomic E-state index is 0.0221. The summed E-state index contributed by atoms with van der Waals surface area (Å²) in [5.41, 5.74) is 7.34. The molecule has 103 heavy (non-hydrogen) atoms. The van der Waals surface area contributed by atoms with Gasteiger partial charge in [0.1, 0.15) is 12.6 Å². The average molecular weight is 1630 g/mol. The van der Waals surface area contributed by atoms with E-state index in [2.05, 4.69) is 39.6 Å². The first kappa shape index (κ1) is 91.1. The average Bonchev–Trinajstić information content (AvgIpc) is 1.58. The van der Waals surface area contributed by atoms with Crippen LogP contribution < -0.4 is 25.8 Å². The van der Waals surface area contributed by atoms with E-state index in [1.807, 2.05) is 93.3 Å². The summed E-state index contributed by atoms with van der Waals surface area (Å²) in [4.78, 5) is 6.28. The van der Waals surface area contributed by atoms with Crippen molar-refractivity contribution in [2.45, 2.75) is 149 Å². The van der Waals surface area contributed by atoms with Crippen LogP contribution in [0.5, 0.6) is 0 Å². The van der Waals surface area contributed by atoms with E-state index in [-0.39, 0.29) is 59.3 Å². The summed E-state index contributed by atoms with van der Waals surface area (Å²) in [6.45, 7) is 25.9. The van der Waals surface area contributed by atoms with Gasteiger partial charge in [0, 0.05) is 119 Å². The molecular formula is C67H106ClN9O17S9. The van der Waals surface area contributed by atoms with Gasteiger partial charge >= 0.3 is 0 Å². The quantitative estimate of drug-likeness (QED) is 0.0285. The van der Waals surface area contributed by atoms with Gasteiger partial charge in [0.25, 0.3) is 40.2 Å². The van der Waals surface area contributed by atoms with Gasteiger partial charge in [0.2, 0.25) is 19.1 Å². The molecule has 3 aliphatic rings. The maximum Gasteiger partial charge on any atom is 0.264 e. The van der Waals surface area contributed by atoms with Gasteiger partial charge in [0.05, 0.1) is 60.3 Å². The Morgan fingerprint density at radius 2 is 0.786 bits per heavy atom. The second-order valence-corrected chi connectivity index (χ2v) is 43.1. The largest absolute Gasteiger partial charge is 0.400 e. The second-order valence-electron chi connectivity index (χ2n) is 27.1. The molecule has 0 amide bonds. The van der Waals surface area contributed by atoms with Gasteiger partial charge in [-0.05, 0) is 149 Å². The maximum absolute atomic E-state index is 13.2. The number of benzene rings is 3. The zero-order chi connectivity index (χ0) is 78.1. The number of aliphatic hydroxyl groups excluding tert-OH is 1. The van der Waals surface area contributed by atoms with Crippen LogP contribution in [-0.2, 0) is 80.2 Å². The van der Waals surface area contributed by atoms with Crippen LogP contribution >= 0.6 is 44.7 Å². The Hall–Kier alpha value is -4.29. The Morgan fingerprint density at radius 1 is 0.505 bits per heavy atom. The fourth-order valence-corrected chi connectivity index (χ4v) is 20.4. The van der Waals surface area contributed by atoms with Crippen LogP contribution in [0.1, 0.15) is 99.8 Å². The molecule has 0 unspecified atom stereocenters. The molecule has 9 rings (SSSR count). The molecule has 0 radical (unpaired) electrons. The van der Waals surface area contributed by atoms with Gasteiger partial charge in [0.15, 0.2) is 0 Å². The van der Waals surface area contributed by atoms with Crippen molar-refractivity contribution >= 4 is 121 Å². The topological polar surface area (TPSA) is 356 Å². The summed E-state index contributed by atoms with van der Waals surface area (Å²) in [6, 6.07) is 32.2. The van der Waals surface area contributed by atoms with Gasteiger partial charge in [-0.15, -0.1) is 34.0 Å². The Morgan fingerprint density at radius 3 is 1.04 bits per heavy atom. The summed E-state index contributed by atoms with van der Waals surface area (Å²) in [6.07, 6.45) is 3.07. The minimum Gasteiger partial charge on any atom is -0.400 e. The zero-order valence-corrected chi connectivity index (χ0v) is 69.5. The number of aliphatic hydroxyl groups is 4. The van der Waals surface area contributed by atoms with E-state index in [9.17, 15) is 65.8 Å². The SMILES string of the molecule is CC(C)(O)c1ccc(N2CCN(S(=O)(=O)c3cccs3)C[C@@H]2COS(C)(=O)=O)cc1.CC(C)N.CC(C)N(C[C@H]1CN(S(=O)(=O)c2cccs2)CCN1c1ccc(C(C)(C)O)cc1)S(C)(=O)=O.CC(C)NC[C@H]1CN(S(=O)(=O)c2cccs2)CCN1c1ccc(C(C)(C)O)cc1.CO.CS(=O)(=O)Cl. The molecule has 3 aromatic heterocycles. The predicted molar refractivity (Wildman–Crippen MR) is 416 cm³/mol. The molecule has 0 bridgehead atoms. The number of piperazine rings is 3. The van der Waals surface area contributed by atoms with Gasteiger partial charge in [-0.25, -0.2) is 42.1 Å². The Bertz CT molecular complexity index is 4230. The van der Waals surface area contributed by atoms with Gasteiger partial charge in [-0.2, -0.15) is 25.6 Å².